The molecule has 30 heavy (non-hydrogen) atoms. The number of nitrogens with one attached hydrogen (secondary N) is 2. The van der Waals surface area contributed by atoms with Crippen molar-refractivity contribution in [2.45, 2.75) is 54.1 Å². The Labute approximate surface area is 179 Å². The minimum atomic E-state index is -0.128. The van der Waals surface area contributed by atoms with Crippen LogP contribution in [0.1, 0.15) is 43.5 Å². The van der Waals surface area contributed by atoms with E-state index in [1.807, 2.05) is 23.9 Å². The molecule has 0 bridgehead atoms. The Morgan fingerprint density at radius 1 is 1.27 bits per heavy atom. The highest BCUT2D eigenvalue weighted by molar-refractivity contribution is 7.14. The van der Waals surface area contributed by atoms with E-state index in [0.29, 0.717) is 34.8 Å². The van der Waals surface area contributed by atoms with Gasteiger partial charge in [-0.05, 0) is 31.9 Å². The van der Waals surface area contributed by atoms with Gasteiger partial charge >= 0.3 is 0 Å². The maximum absolute atomic E-state index is 12.6. The second kappa shape index (κ2) is 9.25. The van der Waals surface area contributed by atoms with E-state index in [1.165, 1.54) is 18.3 Å². The van der Waals surface area contributed by atoms with Gasteiger partial charge in [0.1, 0.15) is 11.5 Å². The molecular formula is C21H27N5O3S. The van der Waals surface area contributed by atoms with Crippen LogP contribution in [0.15, 0.2) is 21.9 Å². The summed E-state index contributed by atoms with van der Waals surface area (Å²) in [5.41, 5.74) is 3.50. The first-order chi connectivity index (χ1) is 14.2. The molecule has 0 aliphatic rings. The van der Waals surface area contributed by atoms with E-state index in [2.05, 4.69) is 34.6 Å². The topological polar surface area (TPSA) is 102 Å². The molecule has 0 fully saturated rings. The average Bonchev–Trinajstić information content (AvgIpc) is 3.36. The molecule has 2 amide bonds. The lowest BCUT2D eigenvalue weighted by molar-refractivity contribution is -0.119. The van der Waals surface area contributed by atoms with Crippen molar-refractivity contribution in [1.29, 1.82) is 0 Å². The van der Waals surface area contributed by atoms with Crippen molar-refractivity contribution >= 4 is 28.3 Å². The molecule has 0 unspecified atom stereocenters. The van der Waals surface area contributed by atoms with E-state index in [-0.39, 0.29) is 18.2 Å². The minimum Gasteiger partial charge on any atom is -0.458 e. The number of aryl methyl sites for hydroxylation is 1. The van der Waals surface area contributed by atoms with Crippen LogP contribution in [0.3, 0.4) is 0 Å². The van der Waals surface area contributed by atoms with Crippen molar-refractivity contribution in [3.63, 3.8) is 0 Å². The predicted octanol–water partition coefficient (Wildman–Crippen LogP) is 3.69. The number of carbonyl (C=O) groups excluding carboxylic acids is 2. The van der Waals surface area contributed by atoms with Gasteiger partial charge in [-0.1, -0.05) is 13.8 Å². The number of thiazole rings is 1. The van der Waals surface area contributed by atoms with E-state index in [4.69, 9.17) is 4.42 Å². The summed E-state index contributed by atoms with van der Waals surface area (Å²) >= 11 is 1.34. The first-order valence-electron chi connectivity index (χ1n) is 9.84. The summed E-state index contributed by atoms with van der Waals surface area (Å²) in [7, 11) is 0. The Balaban J connectivity index is 1.63. The molecule has 160 valence electrons. The predicted molar refractivity (Wildman–Crippen MR) is 116 cm³/mol. The number of anilines is 1. The van der Waals surface area contributed by atoms with Gasteiger partial charge in [0.05, 0.1) is 18.7 Å². The summed E-state index contributed by atoms with van der Waals surface area (Å²) in [5, 5.41) is 12.5. The van der Waals surface area contributed by atoms with Gasteiger partial charge in [-0.2, -0.15) is 5.10 Å². The van der Waals surface area contributed by atoms with E-state index in [1.54, 1.807) is 12.1 Å². The van der Waals surface area contributed by atoms with Crippen molar-refractivity contribution in [2.24, 2.45) is 5.92 Å². The third-order valence-corrected chi connectivity index (χ3v) is 5.34. The Kier molecular flexibility index (Phi) is 6.71. The average molecular weight is 430 g/mol. The molecule has 9 heteroatoms. The fourth-order valence-electron chi connectivity index (χ4n) is 3.10. The summed E-state index contributed by atoms with van der Waals surface area (Å²) in [4.78, 5) is 28.0. The minimum absolute atomic E-state index is 0.119. The molecular weight excluding hydrogens is 402 g/mol. The number of furan rings is 1. The number of hydrogen-bond acceptors (Lipinski definition) is 6. The van der Waals surface area contributed by atoms with Crippen LogP contribution in [0.2, 0.25) is 0 Å². The zero-order chi connectivity index (χ0) is 21.8. The smallest absolute Gasteiger partial charge is 0.230 e. The second-order valence-corrected chi connectivity index (χ2v) is 8.52. The third-order valence-electron chi connectivity index (χ3n) is 4.58. The molecule has 0 aliphatic carbocycles. The molecule has 3 rings (SSSR count). The molecule has 0 radical (unpaired) electrons. The van der Waals surface area contributed by atoms with Gasteiger partial charge in [-0.25, -0.2) is 4.98 Å². The van der Waals surface area contributed by atoms with Gasteiger partial charge in [0.15, 0.2) is 10.9 Å². The molecule has 0 aromatic carbocycles. The largest absolute Gasteiger partial charge is 0.458 e. The molecule has 0 atom stereocenters. The lowest BCUT2D eigenvalue weighted by Gasteiger charge is -2.08. The summed E-state index contributed by atoms with van der Waals surface area (Å²) in [6.45, 7) is 10.8. The van der Waals surface area contributed by atoms with Crippen molar-refractivity contribution in [1.82, 2.24) is 20.1 Å². The zero-order valence-electron chi connectivity index (χ0n) is 17.9. The van der Waals surface area contributed by atoms with Gasteiger partial charge in [0, 0.05) is 30.1 Å². The number of rotatable bonds is 8. The van der Waals surface area contributed by atoms with Crippen LogP contribution in [0, 0.1) is 19.8 Å². The molecule has 3 aromatic rings. The van der Waals surface area contributed by atoms with Gasteiger partial charge in [0.2, 0.25) is 11.8 Å². The summed E-state index contributed by atoms with van der Waals surface area (Å²) in [5.74, 6) is 1.47. The number of carbonyl (C=O) groups is 2. The number of aromatic nitrogens is 3. The van der Waals surface area contributed by atoms with E-state index < -0.39 is 0 Å². The summed E-state index contributed by atoms with van der Waals surface area (Å²) in [6, 6.07) is 3.59. The molecule has 8 nitrogen and oxygen atoms in total. The number of hydrogen-bond donors (Lipinski definition) is 2. The van der Waals surface area contributed by atoms with Gasteiger partial charge in [-0.15, -0.1) is 11.3 Å². The van der Waals surface area contributed by atoms with Crippen molar-refractivity contribution in [3.8, 4) is 11.5 Å². The second-order valence-electron chi connectivity index (χ2n) is 7.66. The highest BCUT2D eigenvalue weighted by Gasteiger charge is 2.17. The Morgan fingerprint density at radius 2 is 2.03 bits per heavy atom. The van der Waals surface area contributed by atoms with E-state index >= 15 is 0 Å². The van der Waals surface area contributed by atoms with Gasteiger partial charge in [-0.3, -0.25) is 14.3 Å². The third kappa shape index (κ3) is 5.35. The van der Waals surface area contributed by atoms with E-state index in [0.717, 1.165) is 23.5 Å². The normalized spacial score (nSPS) is 11.1. The highest BCUT2D eigenvalue weighted by atomic mass is 32.1. The zero-order valence-corrected chi connectivity index (χ0v) is 18.7. The molecule has 3 aromatic heterocycles. The standard InChI is InChI=1S/C21H27N5O3S/c1-12(2)10-26-14(4)17(13(3)25-26)8-20(28)24-21-23-18(11-30-21)19-7-6-16(29-19)9-22-15(5)27/h6-7,11-12H,8-10H2,1-5H3,(H,22,27)(H,23,24,28). The molecule has 0 aliphatic heterocycles. The van der Waals surface area contributed by atoms with Crippen molar-refractivity contribution < 1.29 is 14.0 Å². The number of amides is 2. The van der Waals surface area contributed by atoms with Crippen LogP contribution in [-0.4, -0.2) is 26.6 Å². The van der Waals surface area contributed by atoms with E-state index in [9.17, 15) is 9.59 Å². The SMILES string of the molecule is CC(=O)NCc1ccc(-c2csc(NC(=O)Cc3c(C)nn(CC(C)C)c3C)n2)o1. The summed E-state index contributed by atoms with van der Waals surface area (Å²) < 4.78 is 7.68. The van der Waals surface area contributed by atoms with Gasteiger partial charge in [0.25, 0.3) is 0 Å². The van der Waals surface area contributed by atoms with Crippen LogP contribution in [-0.2, 0) is 29.1 Å². The Morgan fingerprint density at radius 3 is 2.73 bits per heavy atom. The Bertz CT molecular complexity index is 1050. The molecule has 3 heterocycles. The number of nitrogens with zero attached hydrogens (tertiary/aromatic N) is 3. The molecule has 0 spiro atoms. The Hall–Kier alpha value is -2.94. The maximum Gasteiger partial charge on any atom is 0.230 e. The summed E-state index contributed by atoms with van der Waals surface area (Å²) in [6.07, 6.45) is 0.256. The fraction of sp³-hybridized carbons (Fsp3) is 0.429. The maximum atomic E-state index is 12.6. The van der Waals surface area contributed by atoms with Crippen molar-refractivity contribution in [2.75, 3.05) is 5.32 Å². The van der Waals surface area contributed by atoms with Gasteiger partial charge < -0.3 is 15.1 Å². The molecule has 2 N–H and O–H groups in total. The van der Waals surface area contributed by atoms with Crippen LogP contribution in [0.5, 0.6) is 0 Å². The first-order valence-corrected chi connectivity index (χ1v) is 10.7. The molecule has 0 saturated heterocycles. The van der Waals surface area contributed by atoms with Crippen LogP contribution < -0.4 is 10.6 Å². The first kappa shape index (κ1) is 21.8. The van der Waals surface area contributed by atoms with Crippen LogP contribution in [0.4, 0.5) is 5.13 Å². The van der Waals surface area contributed by atoms with Crippen LogP contribution in [0.25, 0.3) is 11.5 Å². The quantitative estimate of drug-likeness (QED) is 0.569. The van der Waals surface area contributed by atoms with Crippen LogP contribution >= 0.6 is 11.3 Å². The highest BCUT2D eigenvalue weighted by Crippen LogP contribution is 2.27. The molecule has 0 saturated carbocycles. The monoisotopic (exact) mass is 429 g/mol. The fourth-order valence-corrected chi connectivity index (χ4v) is 3.82. The lowest BCUT2D eigenvalue weighted by atomic mass is 10.1. The van der Waals surface area contributed by atoms with Crippen molar-refractivity contribution in [3.05, 3.63) is 40.2 Å². The lowest BCUT2D eigenvalue weighted by Crippen LogP contribution is -2.18.